The fourth-order valence-electron chi connectivity index (χ4n) is 2.97. The molecule has 0 aliphatic carbocycles. The van der Waals surface area contributed by atoms with E-state index in [1.807, 2.05) is 36.4 Å². The number of rotatable bonds is 6. The lowest BCUT2D eigenvalue weighted by Crippen LogP contribution is -2.25. The maximum absolute atomic E-state index is 12.1. The molecule has 0 fully saturated rings. The van der Waals surface area contributed by atoms with Crippen molar-refractivity contribution in [3.63, 3.8) is 0 Å². The lowest BCUT2D eigenvalue weighted by Gasteiger charge is -2.15. The van der Waals surface area contributed by atoms with Crippen LogP contribution in [0.3, 0.4) is 0 Å². The predicted octanol–water partition coefficient (Wildman–Crippen LogP) is 4.11. The Morgan fingerprint density at radius 1 is 1.16 bits per heavy atom. The molecule has 3 rings (SSSR count). The van der Waals surface area contributed by atoms with E-state index in [0.717, 1.165) is 42.1 Å². The van der Waals surface area contributed by atoms with E-state index in [2.05, 4.69) is 17.4 Å². The third-order valence-electron chi connectivity index (χ3n) is 4.20. The maximum atomic E-state index is 12.1. The summed E-state index contributed by atoms with van der Waals surface area (Å²) in [6, 6.07) is 16.0. The van der Waals surface area contributed by atoms with Gasteiger partial charge in [-0.3, -0.25) is 9.59 Å². The molecule has 0 saturated carbocycles. The number of nitrogens with one attached hydrogen (secondary N) is 1. The summed E-state index contributed by atoms with van der Waals surface area (Å²) in [7, 11) is 0. The Labute approximate surface area is 152 Å². The van der Waals surface area contributed by atoms with Gasteiger partial charge in [-0.1, -0.05) is 18.2 Å². The van der Waals surface area contributed by atoms with Gasteiger partial charge in [-0.25, -0.2) is 0 Å². The Kier molecular flexibility index (Phi) is 5.76. The van der Waals surface area contributed by atoms with Gasteiger partial charge in [-0.2, -0.15) is 0 Å². The number of thioether (sulfide) groups is 1. The van der Waals surface area contributed by atoms with Crippen molar-refractivity contribution in [1.82, 2.24) is 0 Å². The number of hydrogen-bond acceptors (Lipinski definition) is 3. The van der Waals surface area contributed by atoms with Gasteiger partial charge in [0.15, 0.2) is 0 Å². The summed E-state index contributed by atoms with van der Waals surface area (Å²) >= 11 is 1.77. The first-order valence-electron chi connectivity index (χ1n) is 8.52. The molecule has 0 unspecified atom stereocenters. The Bertz CT molecular complexity index is 762. The maximum Gasteiger partial charge on any atom is 0.224 e. The van der Waals surface area contributed by atoms with Crippen LogP contribution in [0.2, 0.25) is 0 Å². The van der Waals surface area contributed by atoms with E-state index in [1.54, 1.807) is 23.6 Å². The van der Waals surface area contributed by atoms with Crippen LogP contribution in [0.15, 0.2) is 53.4 Å². The normalized spacial score (nSPS) is 12.8. The third-order valence-corrected chi connectivity index (χ3v) is 5.30. The Morgan fingerprint density at radius 3 is 2.72 bits per heavy atom. The van der Waals surface area contributed by atoms with E-state index >= 15 is 0 Å². The van der Waals surface area contributed by atoms with E-state index in [4.69, 9.17) is 0 Å². The predicted molar refractivity (Wildman–Crippen MR) is 103 cm³/mol. The first-order chi connectivity index (χ1) is 12.1. The standard InChI is InChI=1S/C20H22N2O2S/c1-15(23)22-12-11-16-14-17(9-10-19(16)22)21-20(24)8-5-13-25-18-6-3-2-4-7-18/h2-4,6-7,9-10,14H,5,8,11-13H2,1H3,(H,21,24). The molecular formula is C20H22N2O2S. The first kappa shape index (κ1) is 17.5. The number of amides is 2. The van der Waals surface area contributed by atoms with Crippen LogP contribution in [0.25, 0.3) is 0 Å². The highest BCUT2D eigenvalue weighted by Crippen LogP contribution is 2.30. The Balaban J connectivity index is 1.46. The molecule has 0 radical (unpaired) electrons. The SMILES string of the molecule is CC(=O)N1CCc2cc(NC(=O)CCCSc3ccccc3)ccc21. The molecule has 0 aromatic heterocycles. The molecule has 0 atom stereocenters. The molecule has 0 spiro atoms. The van der Waals surface area contributed by atoms with Crippen molar-refractivity contribution in [2.24, 2.45) is 0 Å². The van der Waals surface area contributed by atoms with Gasteiger partial charge >= 0.3 is 0 Å². The van der Waals surface area contributed by atoms with Gasteiger partial charge in [0.25, 0.3) is 0 Å². The van der Waals surface area contributed by atoms with Crippen molar-refractivity contribution in [2.75, 3.05) is 22.5 Å². The van der Waals surface area contributed by atoms with E-state index in [1.165, 1.54) is 4.90 Å². The summed E-state index contributed by atoms with van der Waals surface area (Å²) in [6.45, 7) is 2.30. The molecule has 2 aromatic rings. The minimum atomic E-state index is 0.0371. The second-order valence-electron chi connectivity index (χ2n) is 6.08. The molecular weight excluding hydrogens is 332 g/mol. The lowest BCUT2D eigenvalue weighted by molar-refractivity contribution is -0.117. The zero-order chi connectivity index (χ0) is 17.6. The van der Waals surface area contributed by atoms with Gasteiger partial charge in [0.2, 0.25) is 11.8 Å². The molecule has 1 heterocycles. The average Bonchev–Trinajstić information content (AvgIpc) is 3.03. The van der Waals surface area contributed by atoms with Crippen LogP contribution in [0, 0.1) is 0 Å². The molecule has 4 nitrogen and oxygen atoms in total. The lowest BCUT2D eigenvalue weighted by atomic mass is 10.1. The molecule has 1 aliphatic heterocycles. The van der Waals surface area contributed by atoms with Gasteiger partial charge in [-0.05, 0) is 54.5 Å². The minimum Gasteiger partial charge on any atom is -0.326 e. The molecule has 25 heavy (non-hydrogen) atoms. The van der Waals surface area contributed by atoms with Crippen molar-refractivity contribution in [1.29, 1.82) is 0 Å². The van der Waals surface area contributed by atoms with E-state index in [-0.39, 0.29) is 11.8 Å². The van der Waals surface area contributed by atoms with E-state index in [0.29, 0.717) is 6.42 Å². The fraction of sp³-hybridized carbons (Fsp3) is 0.300. The van der Waals surface area contributed by atoms with Crippen molar-refractivity contribution in [3.8, 4) is 0 Å². The largest absolute Gasteiger partial charge is 0.326 e. The molecule has 5 heteroatoms. The topological polar surface area (TPSA) is 49.4 Å². The molecule has 0 saturated heterocycles. The smallest absolute Gasteiger partial charge is 0.224 e. The highest BCUT2D eigenvalue weighted by molar-refractivity contribution is 7.99. The van der Waals surface area contributed by atoms with Gasteiger partial charge in [0, 0.05) is 36.2 Å². The number of benzene rings is 2. The van der Waals surface area contributed by atoms with Crippen LogP contribution in [-0.2, 0) is 16.0 Å². The van der Waals surface area contributed by atoms with Gasteiger partial charge < -0.3 is 10.2 Å². The second-order valence-corrected chi connectivity index (χ2v) is 7.25. The zero-order valence-electron chi connectivity index (χ0n) is 14.3. The molecule has 2 amide bonds. The average molecular weight is 354 g/mol. The summed E-state index contributed by atoms with van der Waals surface area (Å²) in [5.74, 6) is 1.02. The van der Waals surface area contributed by atoms with E-state index < -0.39 is 0 Å². The van der Waals surface area contributed by atoms with Crippen LogP contribution >= 0.6 is 11.8 Å². The van der Waals surface area contributed by atoms with Crippen molar-refractivity contribution < 1.29 is 9.59 Å². The van der Waals surface area contributed by atoms with Gasteiger partial charge in [0.05, 0.1) is 0 Å². The summed E-state index contributed by atoms with van der Waals surface area (Å²) in [5, 5.41) is 2.96. The number of carbonyl (C=O) groups excluding carboxylic acids is 2. The van der Waals surface area contributed by atoms with Crippen LogP contribution in [0.4, 0.5) is 11.4 Å². The monoisotopic (exact) mass is 354 g/mol. The number of hydrogen-bond donors (Lipinski definition) is 1. The molecule has 0 bridgehead atoms. The quantitative estimate of drug-likeness (QED) is 0.627. The van der Waals surface area contributed by atoms with Crippen LogP contribution < -0.4 is 10.2 Å². The summed E-state index contributed by atoms with van der Waals surface area (Å²) < 4.78 is 0. The number of fused-ring (bicyclic) bond motifs is 1. The van der Waals surface area contributed by atoms with Gasteiger partial charge in [0.1, 0.15) is 0 Å². The van der Waals surface area contributed by atoms with Crippen molar-refractivity contribution in [3.05, 3.63) is 54.1 Å². The minimum absolute atomic E-state index is 0.0371. The summed E-state index contributed by atoms with van der Waals surface area (Å²) in [4.78, 5) is 26.7. The Hall–Kier alpha value is -2.27. The Morgan fingerprint density at radius 2 is 1.96 bits per heavy atom. The fourth-order valence-corrected chi connectivity index (χ4v) is 3.84. The van der Waals surface area contributed by atoms with Crippen molar-refractivity contribution >= 4 is 35.0 Å². The highest BCUT2D eigenvalue weighted by atomic mass is 32.2. The van der Waals surface area contributed by atoms with Crippen LogP contribution in [0.5, 0.6) is 0 Å². The van der Waals surface area contributed by atoms with Gasteiger partial charge in [-0.15, -0.1) is 11.8 Å². The van der Waals surface area contributed by atoms with E-state index in [9.17, 15) is 9.59 Å². The third kappa shape index (κ3) is 4.63. The zero-order valence-corrected chi connectivity index (χ0v) is 15.1. The number of carbonyl (C=O) groups is 2. The summed E-state index contributed by atoms with van der Waals surface area (Å²) in [6.07, 6.45) is 2.19. The second kappa shape index (κ2) is 8.21. The number of nitrogens with zero attached hydrogens (tertiary/aromatic N) is 1. The van der Waals surface area contributed by atoms with Crippen LogP contribution in [-0.4, -0.2) is 24.1 Å². The molecule has 130 valence electrons. The van der Waals surface area contributed by atoms with Crippen LogP contribution in [0.1, 0.15) is 25.3 Å². The molecule has 1 aliphatic rings. The number of anilines is 2. The summed E-state index contributed by atoms with van der Waals surface area (Å²) in [5.41, 5.74) is 2.89. The van der Waals surface area contributed by atoms with Crippen molar-refractivity contribution in [2.45, 2.75) is 31.1 Å². The highest BCUT2D eigenvalue weighted by Gasteiger charge is 2.22. The molecule has 2 aromatic carbocycles. The first-order valence-corrected chi connectivity index (χ1v) is 9.51. The molecule has 1 N–H and O–H groups in total.